The number of hydrogen-bond donors (Lipinski definition) is 2. The Morgan fingerprint density at radius 1 is 1.00 bits per heavy atom. The van der Waals surface area contributed by atoms with Crippen molar-refractivity contribution in [2.75, 3.05) is 21.3 Å². The molecule has 7 heteroatoms. The second kappa shape index (κ2) is 8.93. The van der Waals surface area contributed by atoms with Crippen LogP contribution in [0.25, 0.3) is 0 Å². The first-order valence-electron chi connectivity index (χ1n) is 8.28. The van der Waals surface area contributed by atoms with Crippen LogP contribution in [0, 0.1) is 6.92 Å². The smallest absolute Gasteiger partial charge is 0.305 e. The maximum absolute atomic E-state index is 12.7. The Balaban J connectivity index is 2.34. The topological polar surface area (TPSA) is 94.1 Å². The minimum absolute atomic E-state index is 0.294. The molecule has 1 atom stereocenters. The molecule has 0 aliphatic carbocycles. The highest BCUT2D eigenvalue weighted by molar-refractivity contribution is 5.95. The zero-order chi connectivity index (χ0) is 20.0. The number of benzene rings is 2. The van der Waals surface area contributed by atoms with E-state index in [0.717, 1.165) is 5.56 Å². The predicted octanol–water partition coefficient (Wildman–Crippen LogP) is 2.97. The third kappa shape index (κ3) is 4.91. The zero-order valence-corrected chi connectivity index (χ0v) is 15.7. The monoisotopic (exact) mass is 373 g/mol. The Bertz CT molecular complexity index is 833. The highest BCUT2D eigenvalue weighted by atomic mass is 16.5. The summed E-state index contributed by atoms with van der Waals surface area (Å²) in [4.78, 5) is 24.0. The predicted molar refractivity (Wildman–Crippen MR) is 99.7 cm³/mol. The van der Waals surface area contributed by atoms with E-state index in [1.54, 1.807) is 36.4 Å². The van der Waals surface area contributed by atoms with Gasteiger partial charge in [0, 0.05) is 17.2 Å². The van der Waals surface area contributed by atoms with Gasteiger partial charge in [-0.1, -0.05) is 6.07 Å². The summed E-state index contributed by atoms with van der Waals surface area (Å²) in [5.41, 5.74) is 1.82. The maximum atomic E-state index is 12.7. The fourth-order valence-electron chi connectivity index (χ4n) is 2.72. The molecule has 0 radical (unpaired) electrons. The van der Waals surface area contributed by atoms with Crippen LogP contribution in [0.5, 0.6) is 17.2 Å². The molecule has 0 aromatic heterocycles. The Labute approximate surface area is 157 Å². The van der Waals surface area contributed by atoms with E-state index in [2.05, 4.69) is 5.32 Å². The van der Waals surface area contributed by atoms with Gasteiger partial charge in [-0.15, -0.1) is 0 Å². The Kier molecular flexibility index (Phi) is 6.65. The number of carboxylic acids is 1. The molecule has 0 fully saturated rings. The summed E-state index contributed by atoms with van der Waals surface area (Å²) in [6.07, 6.45) is -0.294. The van der Waals surface area contributed by atoms with Crippen LogP contribution in [0.4, 0.5) is 0 Å². The third-order valence-corrected chi connectivity index (χ3v) is 4.17. The average molecular weight is 373 g/mol. The second-order valence-electron chi connectivity index (χ2n) is 5.92. The summed E-state index contributed by atoms with van der Waals surface area (Å²) in [6, 6.07) is 9.29. The van der Waals surface area contributed by atoms with Gasteiger partial charge in [-0.2, -0.15) is 0 Å². The van der Waals surface area contributed by atoms with Crippen molar-refractivity contribution in [2.45, 2.75) is 19.4 Å². The summed E-state index contributed by atoms with van der Waals surface area (Å²) in [6.45, 7) is 1.87. The number of aryl methyl sites for hydroxylation is 1. The van der Waals surface area contributed by atoms with Gasteiger partial charge >= 0.3 is 5.97 Å². The summed E-state index contributed by atoms with van der Waals surface area (Å²) in [7, 11) is 4.53. The fourth-order valence-corrected chi connectivity index (χ4v) is 2.72. The summed E-state index contributed by atoms with van der Waals surface area (Å²) in [5, 5.41) is 12.0. The number of amides is 1. The van der Waals surface area contributed by atoms with Crippen molar-refractivity contribution in [2.24, 2.45) is 0 Å². The van der Waals surface area contributed by atoms with Crippen molar-refractivity contribution in [1.29, 1.82) is 0 Å². The van der Waals surface area contributed by atoms with E-state index in [0.29, 0.717) is 28.4 Å². The van der Waals surface area contributed by atoms with Gasteiger partial charge in [0.1, 0.15) is 17.2 Å². The third-order valence-electron chi connectivity index (χ3n) is 4.17. The number of methoxy groups -OCH3 is 3. The Morgan fingerprint density at radius 3 is 2.30 bits per heavy atom. The first kappa shape index (κ1) is 20.1. The minimum Gasteiger partial charge on any atom is -0.497 e. The van der Waals surface area contributed by atoms with E-state index in [9.17, 15) is 14.7 Å². The van der Waals surface area contributed by atoms with Crippen molar-refractivity contribution in [1.82, 2.24) is 5.32 Å². The van der Waals surface area contributed by atoms with Gasteiger partial charge in [-0.05, 0) is 36.8 Å². The molecule has 1 amide bonds. The molecule has 0 saturated carbocycles. The molecule has 0 saturated heterocycles. The van der Waals surface area contributed by atoms with E-state index >= 15 is 0 Å². The number of carbonyl (C=O) groups excluding carboxylic acids is 1. The lowest BCUT2D eigenvalue weighted by atomic mass is 10.0. The van der Waals surface area contributed by atoms with Gasteiger partial charge in [0.15, 0.2) is 0 Å². The number of rotatable bonds is 8. The van der Waals surface area contributed by atoms with Gasteiger partial charge in [0.2, 0.25) is 0 Å². The minimum atomic E-state index is -1.04. The second-order valence-corrected chi connectivity index (χ2v) is 5.92. The molecule has 2 aromatic rings. The van der Waals surface area contributed by atoms with Crippen molar-refractivity contribution >= 4 is 11.9 Å². The molecule has 0 aliphatic heterocycles. The van der Waals surface area contributed by atoms with E-state index in [4.69, 9.17) is 14.2 Å². The number of carboxylic acid groups (broad SMARTS) is 1. The standard InChI is InChI=1S/C20H23NO6/c1-12-5-6-13(9-17(12)26-3)20(24)21-16(11-19(22)23)15-8-7-14(25-2)10-18(15)27-4/h5-10,16H,11H2,1-4H3,(H,21,24)(H,22,23). The van der Waals surface area contributed by atoms with Crippen molar-refractivity contribution < 1.29 is 28.9 Å². The van der Waals surface area contributed by atoms with E-state index < -0.39 is 17.9 Å². The molecule has 7 nitrogen and oxygen atoms in total. The van der Waals surface area contributed by atoms with E-state index in [-0.39, 0.29) is 6.42 Å². The Hall–Kier alpha value is -3.22. The molecule has 27 heavy (non-hydrogen) atoms. The maximum Gasteiger partial charge on any atom is 0.305 e. The highest BCUT2D eigenvalue weighted by Crippen LogP contribution is 2.31. The van der Waals surface area contributed by atoms with Gasteiger partial charge < -0.3 is 24.6 Å². The normalized spacial score (nSPS) is 11.4. The molecule has 1 unspecified atom stereocenters. The number of nitrogens with one attached hydrogen (secondary N) is 1. The molecular weight excluding hydrogens is 350 g/mol. The van der Waals surface area contributed by atoms with Crippen LogP contribution in [-0.4, -0.2) is 38.3 Å². The van der Waals surface area contributed by atoms with Crippen LogP contribution in [0.15, 0.2) is 36.4 Å². The molecular formula is C20H23NO6. The zero-order valence-electron chi connectivity index (χ0n) is 15.7. The van der Waals surface area contributed by atoms with Gasteiger partial charge in [0.25, 0.3) is 5.91 Å². The lowest BCUT2D eigenvalue weighted by Crippen LogP contribution is -2.30. The Morgan fingerprint density at radius 2 is 1.70 bits per heavy atom. The van der Waals surface area contributed by atoms with Gasteiger partial charge in [0.05, 0.1) is 33.8 Å². The van der Waals surface area contributed by atoms with Gasteiger partial charge in [-0.25, -0.2) is 0 Å². The molecule has 0 aliphatic rings. The molecule has 0 spiro atoms. The quantitative estimate of drug-likeness (QED) is 0.739. The van der Waals surface area contributed by atoms with E-state index in [1.165, 1.54) is 21.3 Å². The molecule has 2 N–H and O–H groups in total. The summed E-state index contributed by atoms with van der Waals surface area (Å²) < 4.78 is 15.8. The lowest BCUT2D eigenvalue weighted by molar-refractivity contribution is -0.137. The van der Waals surface area contributed by atoms with Crippen LogP contribution in [-0.2, 0) is 4.79 Å². The first-order chi connectivity index (χ1) is 12.9. The van der Waals surface area contributed by atoms with Crippen LogP contribution in [0.3, 0.4) is 0 Å². The molecule has 0 heterocycles. The summed E-state index contributed by atoms with van der Waals surface area (Å²) in [5.74, 6) is 0.137. The fraction of sp³-hybridized carbons (Fsp3) is 0.300. The number of hydrogen-bond acceptors (Lipinski definition) is 5. The lowest BCUT2D eigenvalue weighted by Gasteiger charge is -2.21. The average Bonchev–Trinajstić information content (AvgIpc) is 2.66. The van der Waals surface area contributed by atoms with E-state index in [1.807, 2.05) is 6.92 Å². The summed E-state index contributed by atoms with van der Waals surface area (Å²) >= 11 is 0. The molecule has 144 valence electrons. The molecule has 2 rings (SSSR count). The highest BCUT2D eigenvalue weighted by Gasteiger charge is 2.23. The number of carbonyl (C=O) groups is 2. The van der Waals surface area contributed by atoms with Crippen molar-refractivity contribution in [3.8, 4) is 17.2 Å². The largest absolute Gasteiger partial charge is 0.497 e. The van der Waals surface area contributed by atoms with Crippen molar-refractivity contribution in [3.05, 3.63) is 53.1 Å². The van der Waals surface area contributed by atoms with Crippen molar-refractivity contribution in [3.63, 3.8) is 0 Å². The van der Waals surface area contributed by atoms with Crippen LogP contribution in [0.1, 0.15) is 33.9 Å². The SMILES string of the molecule is COc1ccc(C(CC(=O)O)NC(=O)c2ccc(C)c(OC)c2)c(OC)c1. The number of aliphatic carboxylic acids is 1. The van der Waals surface area contributed by atoms with Crippen LogP contribution in [0.2, 0.25) is 0 Å². The molecule has 0 bridgehead atoms. The van der Waals surface area contributed by atoms with Crippen LogP contribution >= 0.6 is 0 Å². The molecule has 2 aromatic carbocycles. The number of ether oxygens (including phenoxy) is 3. The van der Waals surface area contributed by atoms with Gasteiger partial charge in [-0.3, -0.25) is 9.59 Å². The first-order valence-corrected chi connectivity index (χ1v) is 8.28. The van der Waals surface area contributed by atoms with Crippen LogP contribution < -0.4 is 19.5 Å².